The van der Waals surface area contributed by atoms with Gasteiger partial charge >= 0.3 is 6.09 Å². The van der Waals surface area contributed by atoms with Crippen LogP contribution in [0, 0.1) is 6.92 Å². The van der Waals surface area contributed by atoms with E-state index in [9.17, 15) is 4.79 Å². The van der Waals surface area contributed by atoms with Crippen molar-refractivity contribution in [2.24, 2.45) is 0 Å². The number of rotatable bonds is 1. The molecule has 2 aromatic rings. The average Bonchev–Trinajstić information content (AvgIpc) is 3.23. The summed E-state index contributed by atoms with van der Waals surface area (Å²) in [5.41, 5.74) is 7.83. The minimum atomic E-state index is -0.454. The molecule has 0 bridgehead atoms. The van der Waals surface area contributed by atoms with E-state index in [2.05, 4.69) is 48.2 Å². The van der Waals surface area contributed by atoms with E-state index in [0.29, 0.717) is 12.0 Å². The Bertz CT molecular complexity index is 975. The van der Waals surface area contributed by atoms with Gasteiger partial charge in [-0.15, -0.1) is 0 Å². The number of carbonyl (C=O) groups is 1. The van der Waals surface area contributed by atoms with E-state index in [4.69, 9.17) is 4.74 Å². The Morgan fingerprint density at radius 3 is 2.69 bits per heavy atom. The van der Waals surface area contributed by atoms with Crippen LogP contribution in [0.15, 0.2) is 36.4 Å². The van der Waals surface area contributed by atoms with Crippen LogP contribution in [0.1, 0.15) is 49.8 Å². The molecule has 1 amide bonds. The van der Waals surface area contributed by atoms with Crippen LogP contribution in [0.5, 0.6) is 0 Å². The molecule has 2 atom stereocenters. The third-order valence-corrected chi connectivity index (χ3v) is 6.61. The summed E-state index contributed by atoms with van der Waals surface area (Å²) in [4.78, 5) is 17.2. The number of amides is 1. The molecule has 3 aliphatic heterocycles. The zero-order chi connectivity index (χ0) is 20.3. The van der Waals surface area contributed by atoms with Crippen molar-refractivity contribution in [3.05, 3.63) is 53.1 Å². The second kappa shape index (κ2) is 6.51. The smallest absolute Gasteiger partial charge is 0.410 e. The van der Waals surface area contributed by atoms with Gasteiger partial charge in [-0.2, -0.15) is 0 Å². The normalized spacial score (nSPS) is 22.5. The van der Waals surface area contributed by atoms with Gasteiger partial charge in [-0.05, 0) is 80.5 Å². The molecule has 0 aromatic heterocycles. The van der Waals surface area contributed by atoms with Gasteiger partial charge in [0.15, 0.2) is 0 Å². The molecule has 1 fully saturated rings. The van der Waals surface area contributed by atoms with Gasteiger partial charge < -0.3 is 14.5 Å². The first-order valence-electron chi connectivity index (χ1n) is 10.8. The third-order valence-electron chi connectivity index (χ3n) is 6.61. The Hall–Kier alpha value is -2.49. The number of fused-ring (bicyclic) bond motifs is 3. The second-order valence-corrected chi connectivity index (χ2v) is 9.72. The van der Waals surface area contributed by atoms with Crippen LogP contribution in [0.2, 0.25) is 0 Å². The largest absolute Gasteiger partial charge is 0.444 e. The molecule has 0 aliphatic carbocycles. The molecule has 0 spiro atoms. The zero-order valence-electron chi connectivity index (χ0n) is 17.9. The van der Waals surface area contributed by atoms with Crippen molar-refractivity contribution in [1.29, 1.82) is 0 Å². The Balaban J connectivity index is 1.50. The number of hydrogen-bond acceptors (Lipinski definition) is 3. The summed E-state index contributed by atoms with van der Waals surface area (Å²) >= 11 is 0. The van der Waals surface area contributed by atoms with Crippen LogP contribution in [-0.2, 0) is 11.2 Å². The fourth-order valence-corrected chi connectivity index (χ4v) is 5.39. The van der Waals surface area contributed by atoms with Gasteiger partial charge in [0.2, 0.25) is 0 Å². The van der Waals surface area contributed by atoms with Crippen molar-refractivity contribution in [3.63, 3.8) is 0 Å². The lowest BCUT2D eigenvalue weighted by molar-refractivity contribution is 0.0189. The number of hydrogen-bond donors (Lipinski definition) is 0. The average molecular weight is 391 g/mol. The van der Waals surface area contributed by atoms with Crippen molar-refractivity contribution < 1.29 is 9.53 Å². The molecule has 3 aliphatic rings. The van der Waals surface area contributed by atoms with Gasteiger partial charge in [-0.25, -0.2) is 4.79 Å². The molecule has 152 valence electrons. The molecule has 4 heteroatoms. The Labute approximate surface area is 173 Å². The molecule has 1 saturated heterocycles. The summed E-state index contributed by atoms with van der Waals surface area (Å²) in [5, 5.41) is 0. The number of piperidine rings is 1. The van der Waals surface area contributed by atoms with E-state index in [0.717, 1.165) is 32.5 Å². The van der Waals surface area contributed by atoms with Gasteiger partial charge in [0.05, 0.1) is 0 Å². The summed E-state index contributed by atoms with van der Waals surface area (Å²) in [7, 11) is 0. The summed E-state index contributed by atoms with van der Waals surface area (Å²) in [6.07, 6.45) is 1.96. The maximum Gasteiger partial charge on any atom is 0.410 e. The molecule has 0 saturated carbocycles. The van der Waals surface area contributed by atoms with E-state index in [1.165, 1.54) is 33.5 Å². The van der Waals surface area contributed by atoms with Gasteiger partial charge in [0.25, 0.3) is 0 Å². The van der Waals surface area contributed by atoms with Crippen LogP contribution in [-0.4, -0.2) is 42.3 Å². The topological polar surface area (TPSA) is 32.8 Å². The standard InChI is InChI=1S/C25H30N2O2/c1-16-7-5-6-8-19(16)18-13-17-9-12-27-22-10-11-26(24(28)29-25(2,3)4)15-21(22)20(14-18)23(17)27/h5-8,13-14,21-22H,9-12,15H2,1-4H3/t21-,22-/m1/s1. The van der Waals surface area contributed by atoms with Crippen LogP contribution < -0.4 is 4.90 Å². The molecule has 0 radical (unpaired) electrons. The lowest BCUT2D eigenvalue weighted by Gasteiger charge is -2.38. The highest BCUT2D eigenvalue weighted by molar-refractivity contribution is 5.79. The lowest BCUT2D eigenvalue weighted by atomic mass is 9.85. The number of likely N-dealkylation sites (tertiary alicyclic amines) is 1. The molecule has 5 rings (SSSR count). The first-order chi connectivity index (χ1) is 13.8. The van der Waals surface area contributed by atoms with Gasteiger partial charge in [0.1, 0.15) is 5.60 Å². The Morgan fingerprint density at radius 1 is 1.14 bits per heavy atom. The van der Waals surface area contributed by atoms with Crippen LogP contribution in [0.3, 0.4) is 0 Å². The van der Waals surface area contributed by atoms with E-state index in [-0.39, 0.29) is 6.09 Å². The molecular weight excluding hydrogens is 360 g/mol. The third kappa shape index (κ3) is 3.09. The molecule has 0 unspecified atom stereocenters. The van der Waals surface area contributed by atoms with Crippen LogP contribution in [0.4, 0.5) is 10.5 Å². The first-order valence-corrected chi connectivity index (χ1v) is 10.8. The summed E-state index contributed by atoms with van der Waals surface area (Å²) in [5.74, 6) is 0.370. The van der Waals surface area contributed by atoms with Crippen molar-refractivity contribution in [1.82, 2.24) is 4.90 Å². The highest BCUT2D eigenvalue weighted by Gasteiger charge is 2.46. The number of ether oxygens (including phenoxy) is 1. The maximum absolute atomic E-state index is 12.7. The highest BCUT2D eigenvalue weighted by atomic mass is 16.6. The van der Waals surface area contributed by atoms with Crippen LogP contribution >= 0.6 is 0 Å². The van der Waals surface area contributed by atoms with Crippen LogP contribution in [0.25, 0.3) is 11.1 Å². The second-order valence-electron chi connectivity index (χ2n) is 9.72. The molecule has 2 aromatic carbocycles. The number of carbonyl (C=O) groups excluding carboxylic acids is 1. The van der Waals surface area contributed by atoms with Crippen molar-refractivity contribution in [3.8, 4) is 11.1 Å². The van der Waals surface area contributed by atoms with Crippen molar-refractivity contribution >= 4 is 11.8 Å². The summed E-state index contributed by atoms with van der Waals surface area (Å²) in [6.45, 7) is 10.6. The van der Waals surface area contributed by atoms with Crippen molar-refractivity contribution in [2.45, 2.75) is 58.1 Å². The number of aryl methyl sites for hydroxylation is 1. The molecular formula is C25H30N2O2. The first kappa shape index (κ1) is 18.5. The predicted molar refractivity (Wildman–Crippen MR) is 117 cm³/mol. The number of anilines is 1. The lowest BCUT2D eigenvalue weighted by Crippen LogP contribution is -2.49. The molecule has 29 heavy (non-hydrogen) atoms. The number of nitrogens with zero attached hydrogens (tertiary/aromatic N) is 2. The highest BCUT2D eigenvalue weighted by Crippen LogP contribution is 2.51. The Kier molecular flexibility index (Phi) is 4.16. The van der Waals surface area contributed by atoms with E-state index >= 15 is 0 Å². The SMILES string of the molecule is Cc1ccccc1-c1cc2c3c(c1)[C@H]1CN(C(=O)OC(C)(C)C)CC[C@H]1N3CC2. The fraction of sp³-hybridized carbons (Fsp3) is 0.480. The predicted octanol–water partition coefficient (Wildman–Crippen LogP) is 5.13. The maximum atomic E-state index is 12.7. The van der Waals surface area contributed by atoms with E-state index < -0.39 is 5.60 Å². The summed E-state index contributed by atoms with van der Waals surface area (Å²) in [6, 6.07) is 13.9. The monoisotopic (exact) mass is 390 g/mol. The Morgan fingerprint density at radius 2 is 1.93 bits per heavy atom. The van der Waals surface area contributed by atoms with E-state index in [1.54, 1.807) is 0 Å². The molecule has 3 heterocycles. The quantitative estimate of drug-likeness (QED) is 0.677. The molecule has 4 nitrogen and oxygen atoms in total. The van der Waals surface area contributed by atoms with Gasteiger partial charge in [-0.1, -0.05) is 24.3 Å². The summed E-state index contributed by atoms with van der Waals surface area (Å²) < 4.78 is 5.66. The number of benzene rings is 2. The van der Waals surface area contributed by atoms with Gasteiger partial charge in [0, 0.05) is 37.3 Å². The minimum Gasteiger partial charge on any atom is -0.444 e. The fourth-order valence-electron chi connectivity index (χ4n) is 5.39. The van der Waals surface area contributed by atoms with Gasteiger partial charge in [-0.3, -0.25) is 0 Å². The van der Waals surface area contributed by atoms with E-state index in [1.807, 2.05) is 25.7 Å². The molecule has 0 N–H and O–H groups in total. The minimum absolute atomic E-state index is 0.178. The zero-order valence-corrected chi connectivity index (χ0v) is 17.9. The van der Waals surface area contributed by atoms with Crippen molar-refractivity contribution in [2.75, 3.05) is 24.5 Å².